The van der Waals surface area contributed by atoms with Gasteiger partial charge in [-0.15, -0.1) is 0 Å². The number of pyridine rings is 1. The van der Waals surface area contributed by atoms with Crippen molar-refractivity contribution in [1.29, 1.82) is 0 Å². The Hall–Kier alpha value is -2.67. The van der Waals surface area contributed by atoms with Crippen molar-refractivity contribution in [2.45, 2.75) is 38.2 Å². The van der Waals surface area contributed by atoms with E-state index in [0.717, 1.165) is 12.3 Å². The Morgan fingerprint density at radius 3 is 2.24 bits per heavy atom. The van der Waals surface area contributed by atoms with Crippen LogP contribution in [-0.4, -0.2) is 61.7 Å². The third-order valence-electron chi connectivity index (χ3n) is 5.44. The average molecular weight is 508 g/mol. The predicted molar refractivity (Wildman–Crippen MR) is 118 cm³/mol. The molecule has 0 aliphatic heterocycles. The summed E-state index contributed by atoms with van der Waals surface area (Å²) >= 11 is 0. The van der Waals surface area contributed by atoms with Gasteiger partial charge in [0, 0.05) is 30.7 Å². The molecule has 1 saturated carbocycles. The second-order valence-corrected chi connectivity index (χ2v) is 11.3. The molecule has 1 N–H and O–H groups in total. The maximum atomic E-state index is 15.2. The number of hydrogen-bond acceptors (Lipinski definition) is 5. The Labute approximate surface area is 193 Å². The summed E-state index contributed by atoms with van der Waals surface area (Å²) < 4.78 is 82.4. The van der Waals surface area contributed by atoms with Crippen molar-refractivity contribution >= 4 is 32.6 Å². The number of sulfonamides is 1. The zero-order valence-corrected chi connectivity index (χ0v) is 19.8. The number of halogens is 4. The maximum Gasteiger partial charge on any atom is 0.516 e. The van der Waals surface area contributed by atoms with Crippen LogP contribution in [0, 0.1) is 11.2 Å². The number of carboxylic acid groups (broad SMARTS) is 1. The van der Waals surface area contributed by atoms with E-state index in [-0.39, 0.29) is 27.8 Å². The molecule has 0 bridgehead atoms. The maximum absolute atomic E-state index is 15.2. The van der Waals surface area contributed by atoms with Gasteiger partial charge < -0.3 is 14.6 Å². The first-order valence-corrected chi connectivity index (χ1v) is 11.8. The summed E-state index contributed by atoms with van der Waals surface area (Å²) in [5.41, 5.74) is -9.25. The second kappa shape index (κ2) is 8.52. The number of aromatic carboxylic acids is 1. The monoisotopic (exact) mass is 507 g/mol. The first kappa shape index (κ1) is 25.9. The summed E-state index contributed by atoms with van der Waals surface area (Å²) in [7, 11) is -2.68. The molecule has 2 aromatic rings. The summed E-state index contributed by atoms with van der Waals surface area (Å²) in [6.07, 6.45) is 2.29. The predicted octanol–water partition coefficient (Wildman–Crippen LogP) is 3.42. The molecule has 1 aromatic carbocycles. The van der Waals surface area contributed by atoms with Crippen molar-refractivity contribution in [2.24, 2.45) is 5.41 Å². The minimum absolute atomic E-state index is 0.0158. The van der Waals surface area contributed by atoms with Crippen LogP contribution in [0.5, 0.6) is 0 Å². The number of alkyl halides is 3. The van der Waals surface area contributed by atoms with E-state index in [1.54, 1.807) is 32.8 Å². The number of hydrogen-bond donors (Lipinski definition) is 1. The lowest BCUT2D eigenvalue weighted by Gasteiger charge is -2.35. The van der Waals surface area contributed by atoms with Crippen LogP contribution in [0.4, 0.5) is 23.2 Å². The van der Waals surface area contributed by atoms with Gasteiger partial charge in [0.25, 0.3) is 0 Å². The van der Waals surface area contributed by atoms with Gasteiger partial charge in [-0.05, 0) is 44.5 Å². The first-order valence-electron chi connectivity index (χ1n) is 10.3. The quantitative estimate of drug-likeness (QED) is 0.550. The Morgan fingerprint density at radius 1 is 1.18 bits per heavy atom. The number of carboxylic acids is 1. The highest BCUT2D eigenvalue weighted by molar-refractivity contribution is 7.93. The molecular formula is C21H25F4N3O5S. The van der Waals surface area contributed by atoms with Gasteiger partial charge in [0.05, 0.1) is 11.2 Å². The molecule has 1 aromatic heterocycles. The second-order valence-electron chi connectivity index (χ2n) is 9.50. The van der Waals surface area contributed by atoms with E-state index in [0.29, 0.717) is 18.9 Å². The van der Waals surface area contributed by atoms with E-state index >= 15 is 4.39 Å². The topological polar surface area (TPSA) is 99.9 Å². The zero-order chi connectivity index (χ0) is 25.8. The number of anilines is 1. The molecule has 1 aliphatic rings. The van der Waals surface area contributed by atoms with Crippen molar-refractivity contribution in [3.8, 4) is 0 Å². The molecule has 0 amide bonds. The van der Waals surface area contributed by atoms with E-state index in [2.05, 4.69) is 0 Å². The number of carbonyl (C=O) groups is 1. The number of benzene rings is 1. The molecule has 0 saturated heterocycles. The molecule has 8 nitrogen and oxygen atoms in total. The lowest BCUT2D eigenvalue weighted by atomic mass is 9.92. The van der Waals surface area contributed by atoms with E-state index in [1.807, 2.05) is 0 Å². The number of fused-ring (bicyclic) bond motifs is 1. The lowest BCUT2D eigenvalue weighted by Crippen LogP contribution is -2.48. The minimum Gasteiger partial charge on any atom is -0.477 e. The Balaban J connectivity index is 2.31. The van der Waals surface area contributed by atoms with Crippen molar-refractivity contribution < 1.29 is 35.9 Å². The van der Waals surface area contributed by atoms with E-state index in [1.165, 1.54) is 4.57 Å². The zero-order valence-electron chi connectivity index (χ0n) is 19.0. The van der Waals surface area contributed by atoms with Crippen LogP contribution in [0.3, 0.4) is 0 Å². The van der Waals surface area contributed by atoms with E-state index in [4.69, 9.17) is 0 Å². The fourth-order valence-electron chi connectivity index (χ4n) is 4.08. The fourth-order valence-corrected chi connectivity index (χ4v) is 5.24. The van der Waals surface area contributed by atoms with Gasteiger partial charge >= 0.3 is 21.5 Å². The van der Waals surface area contributed by atoms with Crippen molar-refractivity contribution in [2.75, 3.05) is 31.5 Å². The number of aromatic nitrogens is 1. The summed E-state index contributed by atoms with van der Waals surface area (Å²) in [5, 5.41) is 8.98. The Bertz CT molecular complexity index is 1300. The van der Waals surface area contributed by atoms with Crippen LogP contribution in [0.25, 0.3) is 10.9 Å². The van der Waals surface area contributed by atoms with Crippen LogP contribution in [0.1, 0.15) is 43.1 Å². The molecule has 1 aliphatic carbocycles. The standard InChI is InChI=1S/C21H25F4N3O5S/c1-20(2,10-26(3)4)11-28(34(32,33)21(23,24)25)17-8-16-13(7-15(17)22)18(29)14(19(30)31)9-27(16)12-5-6-12/h7-9,12H,5-6,10-11H2,1-4H3,(H,30,31). The number of nitrogens with zero attached hydrogens (tertiary/aromatic N) is 3. The molecule has 3 rings (SSSR count). The molecule has 0 spiro atoms. The van der Waals surface area contributed by atoms with Crippen LogP contribution >= 0.6 is 0 Å². The average Bonchev–Trinajstić information content (AvgIpc) is 3.49. The molecule has 1 fully saturated rings. The van der Waals surface area contributed by atoms with Crippen LogP contribution < -0.4 is 9.73 Å². The third kappa shape index (κ3) is 4.90. The highest BCUT2D eigenvalue weighted by Crippen LogP contribution is 2.40. The van der Waals surface area contributed by atoms with Gasteiger partial charge in [-0.3, -0.25) is 9.10 Å². The number of rotatable bonds is 8. The van der Waals surface area contributed by atoms with Crippen molar-refractivity contribution in [3.05, 3.63) is 39.9 Å². The minimum atomic E-state index is -6.01. The van der Waals surface area contributed by atoms with E-state index in [9.17, 15) is 36.3 Å². The molecule has 34 heavy (non-hydrogen) atoms. The fraction of sp³-hybridized carbons (Fsp3) is 0.524. The van der Waals surface area contributed by atoms with Gasteiger partial charge in [-0.1, -0.05) is 13.8 Å². The van der Waals surface area contributed by atoms with Gasteiger partial charge in [0.1, 0.15) is 11.4 Å². The normalized spacial score (nSPS) is 15.2. The van der Waals surface area contributed by atoms with Crippen molar-refractivity contribution in [3.63, 3.8) is 0 Å². The van der Waals surface area contributed by atoms with Crippen LogP contribution in [-0.2, 0) is 10.0 Å². The summed E-state index contributed by atoms with van der Waals surface area (Å²) in [4.78, 5) is 25.8. The lowest BCUT2D eigenvalue weighted by molar-refractivity contribution is -0.0440. The molecule has 0 unspecified atom stereocenters. The Morgan fingerprint density at radius 2 is 1.76 bits per heavy atom. The SMILES string of the molecule is CN(C)CC(C)(C)CN(c1cc2c(cc1F)c(=O)c(C(=O)O)cn2C1CC1)S(=O)(=O)C(F)(F)F. The molecule has 1 heterocycles. The van der Waals surface area contributed by atoms with Crippen LogP contribution in [0.2, 0.25) is 0 Å². The molecule has 188 valence electrons. The summed E-state index contributed by atoms with van der Waals surface area (Å²) in [6, 6.07) is 1.25. The Kier molecular flexibility index (Phi) is 6.50. The van der Waals surface area contributed by atoms with Gasteiger partial charge in [-0.25, -0.2) is 9.18 Å². The molecule has 0 atom stereocenters. The van der Waals surface area contributed by atoms with Gasteiger partial charge in [0.2, 0.25) is 5.43 Å². The molecule has 13 heteroatoms. The summed E-state index contributed by atoms with van der Waals surface area (Å²) in [6.45, 7) is 2.59. The largest absolute Gasteiger partial charge is 0.516 e. The molecule has 0 radical (unpaired) electrons. The smallest absolute Gasteiger partial charge is 0.477 e. The van der Waals surface area contributed by atoms with Gasteiger partial charge in [-0.2, -0.15) is 21.6 Å². The highest BCUT2D eigenvalue weighted by Gasteiger charge is 2.52. The molecular weight excluding hydrogens is 482 g/mol. The van der Waals surface area contributed by atoms with Crippen LogP contribution in [0.15, 0.2) is 23.1 Å². The van der Waals surface area contributed by atoms with E-state index < -0.39 is 56.0 Å². The van der Waals surface area contributed by atoms with Gasteiger partial charge in [0.15, 0.2) is 0 Å². The highest BCUT2D eigenvalue weighted by atomic mass is 32.2. The third-order valence-corrected chi connectivity index (χ3v) is 6.93. The summed E-state index contributed by atoms with van der Waals surface area (Å²) in [5.74, 6) is -2.92. The van der Waals surface area contributed by atoms with Crippen molar-refractivity contribution in [1.82, 2.24) is 9.47 Å². The first-order chi connectivity index (χ1) is 15.5.